The van der Waals surface area contributed by atoms with Crippen molar-refractivity contribution < 1.29 is 0 Å². The van der Waals surface area contributed by atoms with Crippen LogP contribution in [-0.2, 0) is 0 Å². The predicted octanol–water partition coefficient (Wildman–Crippen LogP) is 5.40. The third-order valence-corrected chi connectivity index (χ3v) is 3.88. The molecule has 0 radical (unpaired) electrons. The first-order valence-corrected chi connectivity index (χ1v) is 8.18. The van der Waals surface area contributed by atoms with Crippen LogP contribution in [0.3, 0.4) is 0 Å². The highest BCUT2D eigenvalue weighted by atomic mass is 14.9. The Bertz CT molecular complexity index is 181. The Morgan fingerprint density at radius 1 is 0.944 bits per heavy atom. The topological polar surface area (TPSA) is 12.0 Å². The smallest absolute Gasteiger partial charge is 0.00954 e. The first-order valence-electron chi connectivity index (χ1n) is 8.18. The van der Waals surface area contributed by atoms with Crippen LogP contribution < -0.4 is 5.32 Å². The molecule has 110 valence electrons. The van der Waals surface area contributed by atoms with Gasteiger partial charge in [-0.1, -0.05) is 60.8 Å². The van der Waals surface area contributed by atoms with Crippen molar-refractivity contribution in [2.45, 2.75) is 92.5 Å². The first-order chi connectivity index (χ1) is 8.44. The average Bonchev–Trinajstić information content (AvgIpc) is 2.31. The second-order valence-corrected chi connectivity index (χ2v) is 6.97. The quantitative estimate of drug-likeness (QED) is 0.551. The van der Waals surface area contributed by atoms with E-state index in [2.05, 4.69) is 46.9 Å². The number of unbranched alkanes of at least 4 members (excludes halogenated alkanes) is 1. The molecule has 0 amide bonds. The third-order valence-electron chi connectivity index (χ3n) is 3.88. The molecule has 0 saturated heterocycles. The third kappa shape index (κ3) is 8.97. The van der Waals surface area contributed by atoms with Gasteiger partial charge in [-0.15, -0.1) is 0 Å². The Morgan fingerprint density at radius 2 is 1.61 bits per heavy atom. The SMILES string of the molecule is CCCCC(CC)C(CCC(C)(C)C)NCCC. The van der Waals surface area contributed by atoms with Crippen molar-refractivity contribution in [3.05, 3.63) is 0 Å². The highest BCUT2D eigenvalue weighted by Crippen LogP contribution is 2.26. The Balaban J connectivity index is 4.32. The van der Waals surface area contributed by atoms with Crippen LogP contribution in [0.4, 0.5) is 0 Å². The van der Waals surface area contributed by atoms with Gasteiger partial charge in [0.2, 0.25) is 0 Å². The van der Waals surface area contributed by atoms with E-state index in [9.17, 15) is 0 Å². The lowest BCUT2D eigenvalue weighted by molar-refractivity contribution is 0.259. The summed E-state index contributed by atoms with van der Waals surface area (Å²) in [5.41, 5.74) is 0.467. The normalized spacial score (nSPS) is 15.7. The maximum atomic E-state index is 3.80. The van der Waals surface area contributed by atoms with E-state index in [0.29, 0.717) is 5.41 Å². The molecule has 18 heavy (non-hydrogen) atoms. The lowest BCUT2D eigenvalue weighted by Crippen LogP contribution is -2.37. The summed E-state index contributed by atoms with van der Waals surface area (Å²) in [6.45, 7) is 15.2. The maximum absolute atomic E-state index is 3.80. The summed E-state index contributed by atoms with van der Waals surface area (Å²) in [7, 11) is 0. The van der Waals surface area contributed by atoms with Gasteiger partial charge in [0.05, 0.1) is 0 Å². The first kappa shape index (κ1) is 18.0. The molecular weight excluding hydrogens is 218 g/mol. The molecule has 0 saturated carbocycles. The zero-order chi connectivity index (χ0) is 14.0. The molecule has 0 bridgehead atoms. The molecule has 0 fully saturated rings. The van der Waals surface area contributed by atoms with Gasteiger partial charge in [-0.3, -0.25) is 0 Å². The summed E-state index contributed by atoms with van der Waals surface area (Å²) in [6.07, 6.45) is 9.36. The van der Waals surface area contributed by atoms with Crippen LogP contribution in [0.15, 0.2) is 0 Å². The Morgan fingerprint density at radius 3 is 2.06 bits per heavy atom. The van der Waals surface area contributed by atoms with E-state index in [1.54, 1.807) is 0 Å². The molecule has 1 nitrogen and oxygen atoms in total. The number of hydrogen-bond acceptors (Lipinski definition) is 1. The van der Waals surface area contributed by atoms with Gasteiger partial charge in [-0.2, -0.15) is 0 Å². The second kappa shape index (κ2) is 9.83. The van der Waals surface area contributed by atoms with E-state index in [0.717, 1.165) is 12.0 Å². The van der Waals surface area contributed by atoms with E-state index < -0.39 is 0 Å². The second-order valence-electron chi connectivity index (χ2n) is 6.97. The fourth-order valence-corrected chi connectivity index (χ4v) is 2.58. The van der Waals surface area contributed by atoms with Crippen LogP contribution in [0.1, 0.15) is 86.5 Å². The van der Waals surface area contributed by atoms with Gasteiger partial charge in [0, 0.05) is 6.04 Å². The fourth-order valence-electron chi connectivity index (χ4n) is 2.58. The van der Waals surface area contributed by atoms with Gasteiger partial charge in [-0.25, -0.2) is 0 Å². The molecule has 1 N–H and O–H groups in total. The molecule has 0 rings (SSSR count). The number of rotatable bonds is 10. The molecule has 0 aromatic heterocycles. The summed E-state index contributed by atoms with van der Waals surface area (Å²) in [4.78, 5) is 0. The monoisotopic (exact) mass is 255 g/mol. The van der Waals surface area contributed by atoms with Crippen LogP contribution in [0.25, 0.3) is 0 Å². The van der Waals surface area contributed by atoms with Gasteiger partial charge in [0.15, 0.2) is 0 Å². The van der Waals surface area contributed by atoms with Crippen molar-refractivity contribution in [3.8, 4) is 0 Å². The molecule has 0 aliphatic carbocycles. The van der Waals surface area contributed by atoms with Crippen LogP contribution >= 0.6 is 0 Å². The maximum Gasteiger partial charge on any atom is 0.00954 e. The molecule has 0 aromatic rings. The average molecular weight is 255 g/mol. The van der Waals surface area contributed by atoms with E-state index in [4.69, 9.17) is 0 Å². The van der Waals surface area contributed by atoms with Gasteiger partial charge in [0.25, 0.3) is 0 Å². The van der Waals surface area contributed by atoms with E-state index in [1.165, 1.54) is 51.5 Å². The van der Waals surface area contributed by atoms with Crippen LogP contribution in [-0.4, -0.2) is 12.6 Å². The number of nitrogens with one attached hydrogen (secondary N) is 1. The van der Waals surface area contributed by atoms with Gasteiger partial charge in [0.1, 0.15) is 0 Å². The Kier molecular flexibility index (Phi) is 9.81. The fraction of sp³-hybridized carbons (Fsp3) is 1.00. The molecule has 2 unspecified atom stereocenters. The van der Waals surface area contributed by atoms with E-state index in [-0.39, 0.29) is 0 Å². The molecule has 0 aliphatic rings. The highest BCUT2D eigenvalue weighted by molar-refractivity contribution is 4.78. The van der Waals surface area contributed by atoms with Gasteiger partial charge >= 0.3 is 0 Å². The van der Waals surface area contributed by atoms with E-state index in [1.807, 2.05) is 0 Å². The molecule has 1 heteroatoms. The zero-order valence-electron chi connectivity index (χ0n) is 13.8. The predicted molar refractivity (Wildman–Crippen MR) is 84.1 cm³/mol. The van der Waals surface area contributed by atoms with Crippen LogP contribution in [0.5, 0.6) is 0 Å². The van der Waals surface area contributed by atoms with Crippen molar-refractivity contribution in [2.24, 2.45) is 11.3 Å². The molecule has 0 aliphatic heterocycles. The van der Waals surface area contributed by atoms with Gasteiger partial charge in [-0.05, 0) is 43.6 Å². The van der Waals surface area contributed by atoms with Crippen molar-refractivity contribution in [2.75, 3.05) is 6.54 Å². The van der Waals surface area contributed by atoms with Crippen LogP contribution in [0, 0.1) is 11.3 Å². The van der Waals surface area contributed by atoms with Crippen molar-refractivity contribution >= 4 is 0 Å². The van der Waals surface area contributed by atoms with Crippen molar-refractivity contribution in [1.29, 1.82) is 0 Å². The lowest BCUT2D eigenvalue weighted by Gasteiger charge is -2.30. The largest absolute Gasteiger partial charge is 0.314 e. The van der Waals surface area contributed by atoms with E-state index >= 15 is 0 Å². The summed E-state index contributed by atoms with van der Waals surface area (Å²) in [5.74, 6) is 0.874. The minimum Gasteiger partial charge on any atom is -0.314 e. The molecular formula is C17H37N. The van der Waals surface area contributed by atoms with Crippen LogP contribution in [0.2, 0.25) is 0 Å². The molecule has 0 aromatic carbocycles. The minimum atomic E-state index is 0.467. The Labute approximate surface area is 116 Å². The molecule has 2 atom stereocenters. The highest BCUT2D eigenvalue weighted by Gasteiger charge is 2.21. The Hall–Kier alpha value is -0.0400. The minimum absolute atomic E-state index is 0.467. The van der Waals surface area contributed by atoms with Gasteiger partial charge < -0.3 is 5.32 Å². The summed E-state index contributed by atoms with van der Waals surface area (Å²) in [5, 5.41) is 3.80. The van der Waals surface area contributed by atoms with Crippen molar-refractivity contribution in [1.82, 2.24) is 5.32 Å². The summed E-state index contributed by atoms with van der Waals surface area (Å²) >= 11 is 0. The lowest BCUT2D eigenvalue weighted by atomic mass is 9.83. The molecule has 0 spiro atoms. The summed E-state index contributed by atoms with van der Waals surface area (Å²) < 4.78 is 0. The molecule has 0 heterocycles. The summed E-state index contributed by atoms with van der Waals surface area (Å²) in [6, 6.07) is 0.737. The zero-order valence-corrected chi connectivity index (χ0v) is 13.8. The van der Waals surface area contributed by atoms with Crippen molar-refractivity contribution in [3.63, 3.8) is 0 Å². The standard InChI is InChI=1S/C17H37N/c1-7-10-11-15(9-3)16(18-14-8-2)12-13-17(4,5)6/h15-16,18H,7-14H2,1-6H3. The number of hydrogen-bond donors (Lipinski definition) is 1.